The molecule has 6 heteroatoms. The first-order valence-electron chi connectivity index (χ1n) is 4.94. The van der Waals surface area contributed by atoms with E-state index in [4.69, 9.17) is 0 Å². The molecule has 1 heterocycles. The topological polar surface area (TPSA) is 78.9 Å². The highest BCUT2D eigenvalue weighted by molar-refractivity contribution is 5.67. The molecule has 0 aliphatic heterocycles. The van der Waals surface area contributed by atoms with Crippen LogP contribution in [0.2, 0.25) is 0 Å². The molecule has 2 rings (SSSR count). The van der Waals surface area contributed by atoms with Gasteiger partial charge in [0.1, 0.15) is 0 Å². The molecule has 0 aliphatic carbocycles. The Bertz CT molecular complexity index is 436. The van der Waals surface area contributed by atoms with Crippen LogP contribution in [0.25, 0.3) is 0 Å². The Morgan fingerprint density at radius 3 is 2.88 bits per heavy atom. The fourth-order valence-electron chi connectivity index (χ4n) is 1.26. The maximum atomic E-state index is 4.03. The van der Waals surface area contributed by atoms with Crippen molar-refractivity contribution in [1.29, 1.82) is 0 Å². The molecule has 0 amide bonds. The summed E-state index contributed by atoms with van der Waals surface area (Å²) < 4.78 is 0. The van der Waals surface area contributed by atoms with Crippen LogP contribution in [0.1, 0.15) is 18.4 Å². The van der Waals surface area contributed by atoms with E-state index in [0.29, 0.717) is 5.95 Å². The highest BCUT2D eigenvalue weighted by atomic mass is 15.5. The maximum Gasteiger partial charge on any atom is 0.283 e. The molecule has 0 saturated carbocycles. The minimum atomic E-state index is 0.237. The Labute approximate surface area is 92.8 Å². The van der Waals surface area contributed by atoms with Crippen LogP contribution in [0, 0.1) is 0 Å². The number of nitrogens with zero attached hydrogens (tertiary/aromatic N) is 4. The van der Waals surface area contributed by atoms with Crippen molar-refractivity contribution in [3.8, 4) is 0 Å². The lowest BCUT2D eigenvalue weighted by molar-refractivity contribution is 0.881. The van der Waals surface area contributed by atoms with Crippen molar-refractivity contribution in [3.63, 3.8) is 0 Å². The first-order chi connectivity index (χ1) is 7.86. The van der Waals surface area contributed by atoms with Crippen LogP contribution >= 0.6 is 0 Å². The van der Waals surface area contributed by atoms with Crippen LogP contribution in [0.15, 0.2) is 35.4 Å². The van der Waals surface area contributed by atoms with Crippen molar-refractivity contribution >= 4 is 12.2 Å². The average Bonchev–Trinajstić information content (AvgIpc) is 2.83. The number of H-pyrrole nitrogens is 1. The van der Waals surface area contributed by atoms with Gasteiger partial charge in [-0.25, -0.2) is 5.43 Å². The third-order valence-electron chi connectivity index (χ3n) is 2.13. The number of benzene rings is 1. The van der Waals surface area contributed by atoms with Crippen molar-refractivity contribution in [3.05, 3.63) is 35.9 Å². The van der Waals surface area contributed by atoms with Crippen molar-refractivity contribution in [2.75, 3.05) is 5.43 Å². The molecule has 82 valence electrons. The lowest BCUT2D eigenvalue weighted by Gasteiger charge is -2.04. The Hall–Kier alpha value is -2.24. The van der Waals surface area contributed by atoms with E-state index < -0.39 is 0 Å². The zero-order valence-corrected chi connectivity index (χ0v) is 8.83. The van der Waals surface area contributed by atoms with Crippen LogP contribution < -0.4 is 5.43 Å². The predicted molar refractivity (Wildman–Crippen MR) is 61.1 cm³/mol. The zero-order chi connectivity index (χ0) is 11.2. The Morgan fingerprint density at radius 1 is 1.38 bits per heavy atom. The predicted octanol–water partition coefficient (Wildman–Crippen LogP) is 1.40. The molecule has 1 atom stereocenters. The molecule has 16 heavy (non-hydrogen) atoms. The normalized spacial score (nSPS) is 12.8. The van der Waals surface area contributed by atoms with Gasteiger partial charge in [0, 0.05) is 12.1 Å². The highest BCUT2D eigenvalue weighted by Crippen LogP contribution is 2.11. The van der Waals surface area contributed by atoms with Crippen LogP contribution in [0.4, 0.5) is 5.95 Å². The minimum absolute atomic E-state index is 0.237. The second-order valence-electron chi connectivity index (χ2n) is 3.32. The van der Waals surface area contributed by atoms with Crippen LogP contribution in [-0.4, -0.2) is 26.8 Å². The zero-order valence-electron chi connectivity index (χ0n) is 8.83. The molecule has 0 radical (unpaired) electrons. The Morgan fingerprint density at radius 2 is 2.19 bits per heavy atom. The van der Waals surface area contributed by atoms with Gasteiger partial charge in [0.25, 0.3) is 5.95 Å². The fourth-order valence-corrected chi connectivity index (χ4v) is 1.26. The number of nitrogens with one attached hydrogen (secondary N) is 2. The summed E-state index contributed by atoms with van der Waals surface area (Å²) in [6.07, 6.45) is 1.80. The van der Waals surface area contributed by atoms with Crippen LogP contribution in [0.5, 0.6) is 0 Å². The Balaban J connectivity index is 1.92. The number of anilines is 1. The SMILES string of the molecule is CC(C=NNc1nn[nH]n1)c1ccccc1. The minimum Gasteiger partial charge on any atom is -0.243 e. The average molecular weight is 216 g/mol. The molecule has 0 spiro atoms. The van der Waals surface area contributed by atoms with Gasteiger partial charge in [-0.1, -0.05) is 42.4 Å². The molecule has 2 aromatic rings. The molecule has 0 fully saturated rings. The van der Waals surface area contributed by atoms with E-state index in [0.717, 1.165) is 0 Å². The number of tetrazole rings is 1. The third-order valence-corrected chi connectivity index (χ3v) is 2.13. The summed E-state index contributed by atoms with van der Waals surface area (Å²) in [5.74, 6) is 0.595. The van der Waals surface area contributed by atoms with Crippen LogP contribution in [-0.2, 0) is 0 Å². The molecular weight excluding hydrogens is 204 g/mol. The summed E-state index contributed by atoms with van der Waals surface area (Å²) in [5, 5.41) is 17.2. The largest absolute Gasteiger partial charge is 0.283 e. The van der Waals surface area contributed by atoms with Gasteiger partial charge >= 0.3 is 0 Å². The molecular formula is C10H12N6. The fraction of sp³-hybridized carbons (Fsp3) is 0.200. The van der Waals surface area contributed by atoms with Crippen molar-refractivity contribution in [2.45, 2.75) is 12.8 Å². The number of aromatic amines is 1. The molecule has 1 unspecified atom stereocenters. The van der Waals surface area contributed by atoms with E-state index in [1.54, 1.807) is 6.21 Å². The van der Waals surface area contributed by atoms with Gasteiger partial charge in [0.15, 0.2) is 0 Å². The van der Waals surface area contributed by atoms with E-state index in [1.165, 1.54) is 5.56 Å². The molecule has 0 bridgehead atoms. The summed E-state index contributed by atoms with van der Waals surface area (Å²) in [6.45, 7) is 2.07. The quantitative estimate of drug-likeness (QED) is 0.598. The van der Waals surface area contributed by atoms with Gasteiger partial charge in [-0.15, -0.1) is 5.10 Å². The smallest absolute Gasteiger partial charge is 0.243 e. The van der Waals surface area contributed by atoms with Gasteiger partial charge in [-0.2, -0.15) is 10.3 Å². The number of hydrogen-bond acceptors (Lipinski definition) is 5. The lowest BCUT2D eigenvalue weighted by atomic mass is 10.0. The summed E-state index contributed by atoms with van der Waals surface area (Å²) >= 11 is 0. The molecule has 6 nitrogen and oxygen atoms in total. The number of hydrogen-bond donors (Lipinski definition) is 2. The summed E-state index contributed by atoms with van der Waals surface area (Å²) in [5.41, 5.74) is 3.89. The Kier molecular flexibility index (Phi) is 3.22. The van der Waals surface area contributed by atoms with E-state index in [1.807, 2.05) is 18.2 Å². The summed E-state index contributed by atoms with van der Waals surface area (Å²) in [4.78, 5) is 0. The van der Waals surface area contributed by atoms with Crippen molar-refractivity contribution in [2.24, 2.45) is 5.10 Å². The van der Waals surface area contributed by atoms with Gasteiger partial charge in [0.2, 0.25) is 0 Å². The monoisotopic (exact) mass is 216 g/mol. The van der Waals surface area contributed by atoms with Gasteiger partial charge < -0.3 is 0 Å². The molecule has 1 aromatic carbocycles. The lowest BCUT2D eigenvalue weighted by Crippen LogP contribution is -1.98. The van der Waals surface area contributed by atoms with Gasteiger partial charge in [-0.3, -0.25) is 0 Å². The number of rotatable bonds is 4. The highest BCUT2D eigenvalue weighted by Gasteiger charge is 2.00. The molecule has 0 aliphatic rings. The van der Waals surface area contributed by atoms with Gasteiger partial charge in [0.05, 0.1) is 0 Å². The first kappa shape index (κ1) is 10.3. The van der Waals surface area contributed by atoms with E-state index in [2.05, 4.69) is 50.2 Å². The van der Waals surface area contributed by atoms with Crippen molar-refractivity contribution in [1.82, 2.24) is 20.6 Å². The van der Waals surface area contributed by atoms with E-state index in [9.17, 15) is 0 Å². The number of hydrazone groups is 1. The van der Waals surface area contributed by atoms with Gasteiger partial charge in [-0.05, 0) is 10.8 Å². The van der Waals surface area contributed by atoms with Crippen molar-refractivity contribution < 1.29 is 0 Å². The standard InChI is InChI=1S/C10H12N6/c1-8(9-5-3-2-4-6-9)7-11-12-10-13-15-16-14-10/h2-8H,1H3,(H2,12,13,14,15,16). The maximum absolute atomic E-state index is 4.03. The van der Waals surface area contributed by atoms with E-state index in [-0.39, 0.29) is 5.92 Å². The second kappa shape index (κ2) is 5.01. The third kappa shape index (κ3) is 2.63. The van der Waals surface area contributed by atoms with E-state index >= 15 is 0 Å². The van der Waals surface area contributed by atoms with Crippen LogP contribution in [0.3, 0.4) is 0 Å². The molecule has 0 saturated heterocycles. The molecule has 2 N–H and O–H groups in total. The summed E-state index contributed by atoms with van der Waals surface area (Å²) in [7, 11) is 0. The summed E-state index contributed by atoms with van der Waals surface area (Å²) in [6, 6.07) is 10.1. The second-order valence-corrected chi connectivity index (χ2v) is 3.32. The first-order valence-corrected chi connectivity index (χ1v) is 4.94. The number of aromatic nitrogens is 4. The molecule has 1 aromatic heterocycles.